The van der Waals surface area contributed by atoms with Gasteiger partial charge in [0.1, 0.15) is 0 Å². The molecule has 3 aromatic rings. The molecular weight excluding hydrogens is 446 g/mol. The first-order valence-electron chi connectivity index (χ1n) is 11.5. The maximum Gasteiger partial charge on any atom is 0.254 e. The molecule has 0 bridgehead atoms. The largest absolute Gasteiger partial charge is 0.331 e. The van der Waals surface area contributed by atoms with E-state index in [1.165, 1.54) is 0 Å². The highest BCUT2D eigenvalue weighted by atomic mass is 32.2. The molecule has 2 aromatic carbocycles. The van der Waals surface area contributed by atoms with Crippen molar-refractivity contribution in [2.75, 3.05) is 0 Å². The number of nitrogens with zero attached hydrogens (tertiary/aromatic N) is 2. The van der Waals surface area contributed by atoms with Gasteiger partial charge in [-0.05, 0) is 65.3 Å². The van der Waals surface area contributed by atoms with Crippen molar-refractivity contribution in [3.05, 3.63) is 95.3 Å². The quantitative estimate of drug-likeness (QED) is 0.512. The van der Waals surface area contributed by atoms with Crippen LogP contribution in [0.3, 0.4) is 0 Å². The van der Waals surface area contributed by atoms with Gasteiger partial charge in [-0.2, -0.15) is 0 Å². The zero-order chi connectivity index (χ0) is 24.3. The number of amides is 1. The zero-order valence-electron chi connectivity index (χ0n) is 19.9. The van der Waals surface area contributed by atoms with Gasteiger partial charge >= 0.3 is 0 Å². The first kappa shape index (κ1) is 24.1. The van der Waals surface area contributed by atoms with Crippen LogP contribution in [-0.4, -0.2) is 30.3 Å². The number of hydrogen-bond acceptors (Lipinski definition) is 4. The van der Waals surface area contributed by atoms with E-state index in [0.29, 0.717) is 12.1 Å². The van der Waals surface area contributed by atoms with Gasteiger partial charge in [0, 0.05) is 37.1 Å². The molecule has 0 atom stereocenters. The van der Waals surface area contributed by atoms with Gasteiger partial charge in [0.15, 0.2) is 0 Å². The number of pyridine rings is 1. The van der Waals surface area contributed by atoms with Gasteiger partial charge < -0.3 is 4.90 Å². The molecule has 6 nitrogen and oxygen atoms in total. The molecule has 4 rings (SSSR count). The normalized spacial score (nSPS) is 14.1. The Morgan fingerprint density at radius 2 is 1.68 bits per heavy atom. The third-order valence-corrected chi connectivity index (χ3v) is 7.44. The molecule has 7 heteroatoms. The van der Waals surface area contributed by atoms with Crippen molar-refractivity contribution in [1.82, 2.24) is 14.6 Å². The van der Waals surface area contributed by atoms with E-state index in [1.54, 1.807) is 48.8 Å². The maximum absolute atomic E-state index is 13.1. The van der Waals surface area contributed by atoms with Gasteiger partial charge in [-0.1, -0.05) is 51.1 Å². The predicted octanol–water partition coefficient (Wildman–Crippen LogP) is 4.66. The number of sulfonamides is 1. The van der Waals surface area contributed by atoms with Gasteiger partial charge in [-0.3, -0.25) is 9.78 Å². The third-order valence-electron chi connectivity index (χ3n) is 6.02. The summed E-state index contributed by atoms with van der Waals surface area (Å²) in [5.74, 6) is -0.0163. The molecule has 1 aliphatic carbocycles. The molecule has 1 aliphatic rings. The predicted molar refractivity (Wildman–Crippen MR) is 133 cm³/mol. The topological polar surface area (TPSA) is 79.4 Å². The molecule has 1 heterocycles. The fourth-order valence-electron chi connectivity index (χ4n) is 3.77. The molecule has 1 fully saturated rings. The number of carbonyl (C=O) groups is 1. The highest BCUT2D eigenvalue weighted by Gasteiger charge is 2.33. The molecular formula is C27H31N3O3S. The Balaban J connectivity index is 1.40. The summed E-state index contributed by atoms with van der Waals surface area (Å²) in [6, 6.07) is 18.2. The fourth-order valence-corrected chi connectivity index (χ4v) is 4.79. The molecule has 1 N–H and O–H groups in total. The summed E-state index contributed by atoms with van der Waals surface area (Å²) in [6.07, 6.45) is 5.54. The molecule has 0 aliphatic heterocycles. The molecule has 0 radical (unpaired) electrons. The Kier molecular flexibility index (Phi) is 6.86. The summed E-state index contributed by atoms with van der Waals surface area (Å²) in [5, 5.41) is 0. The van der Waals surface area contributed by atoms with E-state index in [9.17, 15) is 13.2 Å². The van der Waals surface area contributed by atoms with E-state index in [-0.39, 0.29) is 28.8 Å². The lowest BCUT2D eigenvalue weighted by Crippen LogP contribution is -2.32. The SMILES string of the molecule is CC(C)(C)c1ccc(S(=O)(=O)NCc2ccc(C(=O)N(Cc3cccnc3)C3CC3)cc2)cc1. The minimum Gasteiger partial charge on any atom is -0.331 e. The van der Waals surface area contributed by atoms with E-state index in [4.69, 9.17) is 0 Å². The van der Waals surface area contributed by atoms with Crippen LogP contribution in [0.4, 0.5) is 0 Å². The second kappa shape index (κ2) is 9.68. The van der Waals surface area contributed by atoms with E-state index in [2.05, 4.69) is 30.5 Å². The summed E-state index contributed by atoms with van der Waals surface area (Å²) in [5.41, 5.74) is 3.43. The van der Waals surface area contributed by atoms with Crippen molar-refractivity contribution in [3.8, 4) is 0 Å². The minimum atomic E-state index is -3.63. The summed E-state index contributed by atoms with van der Waals surface area (Å²) in [6.45, 7) is 6.95. The Morgan fingerprint density at radius 3 is 2.24 bits per heavy atom. The van der Waals surface area contributed by atoms with Crippen LogP contribution in [0.1, 0.15) is 60.7 Å². The van der Waals surface area contributed by atoms with Crippen molar-refractivity contribution < 1.29 is 13.2 Å². The maximum atomic E-state index is 13.1. The number of carbonyl (C=O) groups excluding carboxylic acids is 1. The second-order valence-electron chi connectivity index (χ2n) is 9.82. The molecule has 0 saturated heterocycles. The molecule has 0 spiro atoms. The van der Waals surface area contributed by atoms with E-state index < -0.39 is 10.0 Å². The molecule has 34 heavy (non-hydrogen) atoms. The highest BCUT2D eigenvalue weighted by molar-refractivity contribution is 7.89. The van der Waals surface area contributed by atoms with Crippen LogP contribution in [-0.2, 0) is 28.5 Å². The molecule has 1 amide bonds. The van der Waals surface area contributed by atoms with Crippen molar-refractivity contribution in [2.45, 2.75) is 63.1 Å². The van der Waals surface area contributed by atoms with Crippen LogP contribution >= 0.6 is 0 Å². The molecule has 1 saturated carbocycles. The zero-order valence-corrected chi connectivity index (χ0v) is 20.7. The van der Waals surface area contributed by atoms with E-state index >= 15 is 0 Å². The Hall–Kier alpha value is -3.03. The Morgan fingerprint density at radius 1 is 1.00 bits per heavy atom. The number of aromatic nitrogens is 1. The van der Waals surface area contributed by atoms with Crippen molar-refractivity contribution in [3.63, 3.8) is 0 Å². The lowest BCUT2D eigenvalue weighted by atomic mass is 9.87. The first-order valence-corrected chi connectivity index (χ1v) is 13.0. The van der Waals surface area contributed by atoms with Crippen molar-refractivity contribution in [2.24, 2.45) is 0 Å². The van der Waals surface area contributed by atoms with Crippen LogP contribution in [0.2, 0.25) is 0 Å². The van der Waals surface area contributed by atoms with Crippen LogP contribution < -0.4 is 4.72 Å². The van der Waals surface area contributed by atoms with Gasteiger partial charge in [-0.25, -0.2) is 13.1 Å². The summed E-state index contributed by atoms with van der Waals surface area (Å²) < 4.78 is 28.1. The lowest BCUT2D eigenvalue weighted by molar-refractivity contribution is 0.0729. The lowest BCUT2D eigenvalue weighted by Gasteiger charge is -2.22. The van der Waals surface area contributed by atoms with Gasteiger partial charge in [-0.15, -0.1) is 0 Å². The molecule has 1 aromatic heterocycles. The minimum absolute atomic E-state index is 0.0163. The number of rotatable bonds is 8. The number of benzene rings is 2. The van der Waals surface area contributed by atoms with Crippen molar-refractivity contribution >= 4 is 15.9 Å². The smallest absolute Gasteiger partial charge is 0.254 e. The Bertz CT molecular complexity index is 1230. The monoisotopic (exact) mass is 477 g/mol. The molecule has 178 valence electrons. The van der Waals surface area contributed by atoms with E-state index in [1.807, 2.05) is 29.2 Å². The van der Waals surface area contributed by atoms with Gasteiger partial charge in [0.25, 0.3) is 5.91 Å². The van der Waals surface area contributed by atoms with Crippen LogP contribution in [0.25, 0.3) is 0 Å². The Labute approximate surface area is 202 Å². The standard InChI is InChI=1S/C27H31N3O3S/c1-27(2,3)23-10-14-25(15-11-23)34(32,33)29-18-20-6-8-22(9-7-20)26(31)30(24-12-13-24)19-21-5-4-16-28-17-21/h4-11,14-17,24,29H,12-13,18-19H2,1-3H3. The number of hydrogen-bond donors (Lipinski definition) is 1. The van der Waals surface area contributed by atoms with Crippen LogP contribution in [0.15, 0.2) is 78.0 Å². The fraction of sp³-hybridized carbons (Fsp3) is 0.333. The van der Waals surface area contributed by atoms with Crippen LogP contribution in [0.5, 0.6) is 0 Å². The second-order valence-corrected chi connectivity index (χ2v) is 11.6. The highest BCUT2D eigenvalue weighted by Crippen LogP contribution is 2.30. The van der Waals surface area contributed by atoms with Crippen LogP contribution in [0, 0.1) is 0 Å². The van der Waals surface area contributed by atoms with Gasteiger partial charge in [0.2, 0.25) is 10.0 Å². The van der Waals surface area contributed by atoms with Gasteiger partial charge in [0.05, 0.1) is 4.90 Å². The first-order chi connectivity index (χ1) is 16.1. The summed E-state index contributed by atoms with van der Waals surface area (Å²) in [7, 11) is -3.63. The summed E-state index contributed by atoms with van der Waals surface area (Å²) in [4.78, 5) is 19.4. The number of nitrogens with one attached hydrogen (secondary N) is 1. The average Bonchev–Trinajstić information content (AvgIpc) is 3.67. The van der Waals surface area contributed by atoms with Crippen molar-refractivity contribution in [1.29, 1.82) is 0 Å². The van der Waals surface area contributed by atoms with E-state index in [0.717, 1.165) is 29.5 Å². The molecule has 0 unspecified atom stereocenters. The third kappa shape index (κ3) is 5.90. The average molecular weight is 478 g/mol. The summed E-state index contributed by atoms with van der Waals surface area (Å²) >= 11 is 0.